The Morgan fingerprint density at radius 3 is 2.43 bits per heavy atom. The number of carbonyl (C=O) groups excluding carboxylic acids is 1. The predicted octanol–water partition coefficient (Wildman–Crippen LogP) is 4.58. The summed E-state index contributed by atoms with van der Waals surface area (Å²) in [6, 6.07) is 14.6. The molecule has 1 heterocycles. The van der Waals surface area contributed by atoms with E-state index in [0.717, 1.165) is 12.1 Å². The van der Waals surface area contributed by atoms with Crippen LogP contribution in [0.4, 0.5) is 24.7 Å². The molecule has 154 valence electrons. The molecule has 0 aliphatic rings. The Labute approximate surface area is 173 Å². The van der Waals surface area contributed by atoms with Crippen LogP contribution in [0.5, 0.6) is 0 Å². The van der Waals surface area contributed by atoms with Crippen molar-refractivity contribution >= 4 is 35.0 Å². The zero-order chi connectivity index (χ0) is 21.7. The third-order valence-corrected chi connectivity index (χ3v) is 3.99. The summed E-state index contributed by atoms with van der Waals surface area (Å²) in [6.07, 6.45) is -4.54. The van der Waals surface area contributed by atoms with Gasteiger partial charge in [0.05, 0.1) is 5.56 Å². The summed E-state index contributed by atoms with van der Waals surface area (Å²) >= 11 is 5.89. The molecule has 3 N–H and O–H groups in total. The zero-order valence-corrected chi connectivity index (χ0v) is 15.9. The molecule has 0 aliphatic carbocycles. The summed E-state index contributed by atoms with van der Waals surface area (Å²) < 4.78 is 39.0. The maximum Gasteiger partial charge on any atom is 0.416 e. The molecule has 0 atom stereocenters. The first-order valence-electron chi connectivity index (χ1n) is 8.50. The van der Waals surface area contributed by atoms with Crippen LogP contribution in [0.1, 0.15) is 15.9 Å². The van der Waals surface area contributed by atoms with E-state index >= 15 is 0 Å². The second-order valence-corrected chi connectivity index (χ2v) is 6.47. The third kappa shape index (κ3) is 5.71. The minimum Gasteiger partial charge on any atom is -0.326 e. The highest BCUT2D eigenvalue weighted by atomic mass is 35.5. The summed E-state index contributed by atoms with van der Waals surface area (Å²) in [7, 11) is 0. The van der Waals surface area contributed by atoms with E-state index in [1.807, 2.05) is 0 Å². The van der Waals surface area contributed by atoms with Gasteiger partial charge in [0.15, 0.2) is 0 Å². The highest BCUT2D eigenvalue weighted by molar-refractivity contribution is 6.31. The molecule has 0 unspecified atom stereocenters. The van der Waals surface area contributed by atoms with Gasteiger partial charge in [-0.25, -0.2) is 0 Å². The number of rotatable bonds is 3. The fraction of sp³-hybridized carbons (Fsp3) is 0.0500. The molecule has 0 fully saturated rings. The van der Waals surface area contributed by atoms with Gasteiger partial charge in [0.25, 0.3) is 5.91 Å². The molecule has 0 saturated carbocycles. The van der Waals surface area contributed by atoms with Crippen LogP contribution in [0, 0.1) is 0 Å². The molecule has 1 aromatic heterocycles. The van der Waals surface area contributed by atoms with E-state index in [1.54, 1.807) is 12.1 Å². The highest BCUT2D eigenvalue weighted by Gasteiger charge is 2.30. The van der Waals surface area contributed by atoms with Crippen molar-refractivity contribution in [3.63, 3.8) is 0 Å². The summed E-state index contributed by atoms with van der Waals surface area (Å²) in [5, 5.41) is 5.44. The lowest BCUT2D eigenvalue weighted by Gasteiger charge is -2.13. The minimum absolute atomic E-state index is 0.0354. The molecule has 6 nitrogen and oxygen atoms in total. The van der Waals surface area contributed by atoms with Gasteiger partial charge >= 0.3 is 6.18 Å². The van der Waals surface area contributed by atoms with Crippen LogP contribution in [-0.4, -0.2) is 16.9 Å². The van der Waals surface area contributed by atoms with Gasteiger partial charge in [0, 0.05) is 22.3 Å². The van der Waals surface area contributed by atoms with Gasteiger partial charge in [-0.3, -0.25) is 14.9 Å². The molecule has 3 aromatic rings. The van der Waals surface area contributed by atoms with Gasteiger partial charge in [0.1, 0.15) is 5.82 Å². The molecule has 10 heteroatoms. The Kier molecular flexibility index (Phi) is 6.22. The van der Waals surface area contributed by atoms with Crippen LogP contribution in [0.15, 0.2) is 76.5 Å². The smallest absolute Gasteiger partial charge is 0.326 e. The van der Waals surface area contributed by atoms with E-state index < -0.39 is 23.2 Å². The monoisotopic (exact) mass is 434 g/mol. The van der Waals surface area contributed by atoms with Crippen LogP contribution in [0.3, 0.4) is 0 Å². The Balaban J connectivity index is 1.94. The van der Waals surface area contributed by atoms with Gasteiger partial charge in [-0.15, -0.1) is 0 Å². The SMILES string of the molecule is O=C(N/C(=N/c1cccc(=O)[nH]1)Nc1cccc(C(F)(F)F)c1)c1cccc(Cl)c1. The first-order valence-corrected chi connectivity index (χ1v) is 8.88. The molecule has 0 radical (unpaired) electrons. The van der Waals surface area contributed by atoms with Crippen LogP contribution < -0.4 is 16.2 Å². The van der Waals surface area contributed by atoms with E-state index in [4.69, 9.17) is 11.6 Å². The van der Waals surface area contributed by atoms with Crippen molar-refractivity contribution in [2.75, 3.05) is 5.32 Å². The molecule has 0 spiro atoms. The van der Waals surface area contributed by atoms with Gasteiger partial charge < -0.3 is 10.3 Å². The number of hydrogen-bond acceptors (Lipinski definition) is 3. The second kappa shape index (κ2) is 8.83. The van der Waals surface area contributed by atoms with Gasteiger partial charge in [-0.1, -0.05) is 29.8 Å². The standard InChI is InChI=1S/C20H14ClF3N4O2/c21-14-6-1-4-12(10-14)18(30)28-19(27-16-8-3-9-17(29)26-16)25-15-7-2-5-13(11-15)20(22,23)24/h1-11H,(H3,25,26,27,28,29,30). The number of benzene rings is 2. The van der Waals surface area contributed by atoms with Crippen molar-refractivity contribution < 1.29 is 18.0 Å². The lowest BCUT2D eigenvalue weighted by Crippen LogP contribution is -2.36. The Bertz CT molecular complexity index is 1160. The largest absolute Gasteiger partial charge is 0.416 e. The summed E-state index contributed by atoms with van der Waals surface area (Å²) in [4.78, 5) is 30.6. The van der Waals surface area contributed by atoms with Crippen molar-refractivity contribution in [3.8, 4) is 0 Å². The number of guanidine groups is 1. The Morgan fingerprint density at radius 2 is 1.73 bits per heavy atom. The van der Waals surface area contributed by atoms with Crippen molar-refractivity contribution in [3.05, 3.63) is 93.2 Å². The van der Waals surface area contributed by atoms with Gasteiger partial charge in [0.2, 0.25) is 11.5 Å². The van der Waals surface area contributed by atoms with Crippen molar-refractivity contribution in [1.82, 2.24) is 10.3 Å². The molecule has 0 saturated heterocycles. The number of aliphatic imine (C=N–C) groups is 1. The maximum absolute atomic E-state index is 13.0. The summed E-state index contributed by atoms with van der Waals surface area (Å²) in [5.74, 6) is -0.710. The van der Waals surface area contributed by atoms with Crippen molar-refractivity contribution in [2.45, 2.75) is 6.18 Å². The summed E-state index contributed by atoms with van der Waals surface area (Å²) in [6.45, 7) is 0. The molecule has 0 bridgehead atoms. The number of pyridine rings is 1. The molecular weight excluding hydrogens is 421 g/mol. The lowest BCUT2D eigenvalue weighted by molar-refractivity contribution is -0.137. The molecule has 1 amide bonds. The quantitative estimate of drug-likeness (QED) is 0.416. The number of aromatic amines is 1. The fourth-order valence-electron chi connectivity index (χ4n) is 2.43. The van der Waals surface area contributed by atoms with E-state index in [2.05, 4.69) is 20.6 Å². The molecular formula is C20H14ClF3N4O2. The van der Waals surface area contributed by atoms with Crippen molar-refractivity contribution in [1.29, 1.82) is 0 Å². The van der Waals surface area contributed by atoms with E-state index in [0.29, 0.717) is 5.02 Å². The first-order chi connectivity index (χ1) is 14.2. The highest BCUT2D eigenvalue weighted by Crippen LogP contribution is 2.30. The van der Waals surface area contributed by atoms with E-state index in [-0.39, 0.29) is 23.0 Å². The number of carbonyl (C=O) groups is 1. The maximum atomic E-state index is 13.0. The fourth-order valence-corrected chi connectivity index (χ4v) is 2.62. The lowest BCUT2D eigenvalue weighted by atomic mass is 10.2. The molecule has 2 aromatic carbocycles. The Morgan fingerprint density at radius 1 is 1.00 bits per heavy atom. The number of halogens is 4. The zero-order valence-electron chi connectivity index (χ0n) is 15.1. The average molecular weight is 435 g/mol. The number of hydrogen-bond donors (Lipinski definition) is 3. The van der Waals surface area contributed by atoms with Crippen LogP contribution in [0.25, 0.3) is 0 Å². The number of aromatic nitrogens is 1. The minimum atomic E-state index is -4.54. The van der Waals surface area contributed by atoms with Gasteiger partial charge in [-0.05, 0) is 42.5 Å². The van der Waals surface area contributed by atoms with E-state index in [1.165, 1.54) is 42.5 Å². The number of amides is 1. The Hall–Kier alpha value is -3.59. The number of H-pyrrole nitrogens is 1. The number of anilines is 1. The van der Waals surface area contributed by atoms with Gasteiger partial charge in [-0.2, -0.15) is 18.2 Å². The predicted molar refractivity (Wildman–Crippen MR) is 108 cm³/mol. The summed E-state index contributed by atoms with van der Waals surface area (Å²) in [5.41, 5.74) is -1.06. The van der Waals surface area contributed by atoms with E-state index in [9.17, 15) is 22.8 Å². The van der Waals surface area contributed by atoms with Crippen LogP contribution in [-0.2, 0) is 6.18 Å². The molecule has 30 heavy (non-hydrogen) atoms. The molecule has 3 rings (SSSR count). The average Bonchev–Trinajstić information content (AvgIpc) is 2.67. The third-order valence-electron chi connectivity index (χ3n) is 3.76. The van der Waals surface area contributed by atoms with Crippen molar-refractivity contribution in [2.24, 2.45) is 4.99 Å². The number of nitrogens with zero attached hydrogens (tertiary/aromatic N) is 1. The second-order valence-electron chi connectivity index (χ2n) is 6.03. The normalized spacial score (nSPS) is 11.8. The van der Waals surface area contributed by atoms with Crippen LogP contribution in [0.2, 0.25) is 5.02 Å². The topological polar surface area (TPSA) is 86.3 Å². The number of alkyl halides is 3. The van der Waals surface area contributed by atoms with Crippen LogP contribution >= 0.6 is 11.6 Å². The molecule has 0 aliphatic heterocycles. The first kappa shape index (κ1) is 21.1. The number of nitrogens with one attached hydrogen (secondary N) is 3.